The number of alkyl halides is 2. The van der Waals surface area contributed by atoms with E-state index in [0.29, 0.717) is 13.0 Å². The lowest BCUT2D eigenvalue weighted by Gasteiger charge is -2.20. The first-order chi connectivity index (χ1) is 10.6. The van der Waals surface area contributed by atoms with E-state index < -0.39 is 12.2 Å². The highest BCUT2D eigenvalue weighted by atomic mass is 19.3. The van der Waals surface area contributed by atoms with Crippen molar-refractivity contribution in [3.05, 3.63) is 65.5 Å². The molecule has 5 heteroatoms. The molecular formula is C17H18F3NO. The summed E-state index contributed by atoms with van der Waals surface area (Å²) in [4.78, 5) is 0. The van der Waals surface area contributed by atoms with Crippen LogP contribution in [0.1, 0.15) is 30.1 Å². The summed E-state index contributed by atoms with van der Waals surface area (Å²) in [5, 5.41) is 3.02. The Morgan fingerprint density at radius 1 is 1.05 bits per heavy atom. The van der Waals surface area contributed by atoms with Gasteiger partial charge in [-0.1, -0.05) is 30.3 Å². The van der Waals surface area contributed by atoms with Gasteiger partial charge >= 0.3 is 0 Å². The molecule has 2 aromatic carbocycles. The maximum atomic E-state index is 13.9. The number of ether oxygens (including phenoxy) is 1. The van der Waals surface area contributed by atoms with Gasteiger partial charge in [0.15, 0.2) is 11.6 Å². The van der Waals surface area contributed by atoms with Crippen LogP contribution >= 0.6 is 0 Å². The molecule has 1 unspecified atom stereocenters. The van der Waals surface area contributed by atoms with E-state index in [4.69, 9.17) is 4.74 Å². The second-order valence-electron chi connectivity index (χ2n) is 4.90. The molecular weight excluding hydrogens is 291 g/mol. The van der Waals surface area contributed by atoms with Gasteiger partial charge in [0, 0.05) is 12.0 Å². The highest BCUT2D eigenvalue weighted by Gasteiger charge is 2.17. The van der Waals surface area contributed by atoms with E-state index in [-0.39, 0.29) is 17.4 Å². The van der Waals surface area contributed by atoms with E-state index in [9.17, 15) is 13.2 Å². The molecule has 0 amide bonds. The van der Waals surface area contributed by atoms with Crippen molar-refractivity contribution in [2.75, 3.05) is 13.6 Å². The van der Waals surface area contributed by atoms with Gasteiger partial charge in [0.2, 0.25) is 0 Å². The Kier molecular flexibility index (Phi) is 5.83. The van der Waals surface area contributed by atoms with E-state index in [2.05, 4.69) is 5.32 Å². The minimum Gasteiger partial charge on any atom is -0.483 e. The molecule has 2 nitrogen and oxygen atoms in total. The average molecular weight is 309 g/mol. The van der Waals surface area contributed by atoms with Crippen LogP contribution in [-0.2, 0) is 0 Å². The Morgan fingerprint density at radius 2 is 1.77 bits per heavy atom. The molecule has 2 rings (SSSR count). The van der Waals surface area contributed by atoms with Gasteiger partial charge in [0.1, 0.15) is 6.10 Å². The van der Waals surface area contributed by atoms with Crippen molar-refractivity contribution < 1.29 is 17.9 Å². The molecule has 22 heavy (non-hydrogen) atoms. The molecule has 0 heterocycles. The van der Waals surface area contributed by atoms with Crippen LogP contribution < -0.4 is 10.1 Å². The molecule has 0 aliphatic carbocycles. The highest BCUT2D eigenvalue weighted by Crippen LogP contribution is 2.29. The average Bonchev–Trinajstić information content (AvgIpc) is 2.53. The largest absolute Gasteiger partial charge is 0.483 e. The smallest absolute Gasteiger partial charge is 0.263 e. The third kappa shape index (κ3) is 4.24. The van der Waals surface area contributed by atoms with Crippen molar-refractivity contribution in [1.29, 1.82) is 0 Å². The first-order valence-electron chi connectivity index (χ1n) is 7.05. The molecule has 0 radical (unpaired) electrons. The van der Waals surface area contributed by atoms with E-state index in [1.54, 1.807) is 0 Å². The third-order valence-electron chi connectivity index (χ3n) is 3.31. The first-order valence-corrected chi connectivity index (χ1v) is 7.05. The number of hydrogen-bond donors (Lipinski definition) is 1. The van der Waals surface area contributed by atoms with Crippen LogP contribution in [0, 0.1) is 5.82 Å². The molecule has 118 valence electrons. The molecule has 0 fully saturated rings. The molecule has 1 atom stereocenters. The van der Waals surface area contributed by atoms with Crippen LogP contribution in [0.4, 0.5) is 13.2 Å². The number of benzene rings is 2. The minimum atomic E-state index is -2.70. The van der Waals surface area contributed by atoms with Crippen LogP contribution in [0.5, 0.6) is 5.75 Å². The predicted octanol–water partition coefficient (Wildman–Crippen LogP) is 4.49. The van der Waals surface area contributed by atoms with Crippen LogP contribution in [0.3, 0.4) is 0 Å². The van der Waals surface area contributed by atoms with Crippen LogP contribution in [0.25, 0.3) is 0 Å². The van der Waals surface area contributed by atoms with Crippen LogP contribution in [0.15, 0.2) is 48.5 Å². The van der Waals surface area contributed by atoms with Crippen molar-refractivity contribution in [3.63, 3.8) is 0 Å². The molecule has 1 N–H and O–H groups in total. The lowest BCUT2D eigenvalue weighted by atomic mass is 10.1. The third-order valence-corrected chi connectivity index (χ3v) is 3.31. The van der Waals surface area contributed by atoms with E-state index in [1.165, 1.54) is 12.1 Å². The molecule has 0 spiro atoms. The van der Waals surface area contributed by atoms with Crippen molar-refractivity contribution in [3.8, 4) is 5.75 Å². The second kappa shape index (κ2) is 7.84. The van der Waals surface area contributed by atoms with Crippen LogP contribution in [0.2, 0.25) is 0 Å². The second-order valence-corrected chi connectivity index (χ2v) is 4.90. The number of nitrogens with one attached hydrogen (secondary N) is 1. The van der Waals surface area contributed by atoms with Gasteiger partial charge in [-0.3, -0.25) is 0 Å². The predicted molar refractivity (Wildman–Crippen MR) is 79.7 cm³/mol. The normalized spacial score (nSPS) is 12.4. The Balaban J connectivity index is 2.20. The van der Waals surface area contributed by atoms with E-state index in [0.717, 1.165) is 11.6 Å². The Morgan fingerprint density at radius 3 is 2.36 bits per heavy atom. The summed E-state index contributed by atoms with van der Waals surface area (Å²) in [6.07, 6.45) is -2.41. The van der Waals surface area contributed by atoms with Crippen LogP contribution in [-0.4, -0.2) is 13.6 Å². The van der Waals surface area contributed by atoms with E-state index in [1.807, 2.05) is 37.4 Å². The Bertz CT molecular complexity index is 590. The summed E-state index contributed by atoms with van der Waals surface area (Å²) in [6, 6.07) is 12.7. The van der Waals surface area contributed by atoms with Crippen molar-refractivity contribution >= 4 is 0 Å². The molecule has 0 saturated heterocycles. The summed E-state index contributed by atoms with van der Waals surface area (Å²) in [5.41, 5.74) is 0.562. The SMILES string of the molecule is CNCCC(Oc1ccc(C(F)F)cc1F)c1ccccc1. The standard InChI is InChI=1S/C17H18F3NO/c1-21-10-9-15(12-5-3-2-4-6-12)22-16-8-7-13(17(19)20)11-14(16)18/h2-8,11,15,17,21H,9-10H2,1H3. The molecule has 0 aliphatic rings. The minimum absolute atomic E-state index is 0.0191. The summed E-state index contributed by atoms with van der Waals surface area (Å²) >= 11 is 0. The zero-order valence-electron chi connectivity index (χ0n) is 12.2. The molecule has 0 saturated carbocycles. The summed E-state index contributed by atoms with van der Waals surface area (Å²) < 4.78 is 44.8. The van der Waals surface area contributed by atoms with Gasteiger partial charge < -0.3 is 10.1 Å². The highest BCUT2D eigenvalue weighted by molar-refractivity contribution is 5.31. The Labute approximate surface area is 127 Å². The van der Waals surface area contributed by atoms with Gasteiger partial charge in [0.25, 0.3) is 6.43 Å². The number of halogens is 3. The number of hydrogen-bond acceptors (Lipinski definition) is 2. The van der Waals surface area contributed by atoms with Gasteiger partial charge in [-0.25, -0.2) is 13.2 Å². The lowest BCUT2D eigenvalue weighted by Crippen LogP contribution is -2.16. The van der Waals surface area contributed by atoms with Crippen molar-refractivity contribution in [1.82, 2.24) is 5.32 Å². The lowest BCUT2D eigenvalue weighted by molar-refractivity contribution is 0.150. The summed E-state index contributed by atoms with van der Waals surface area (Å²) in [6.45, 7) is 0.691. The fraction of sp³-hybridized carbons (Fsp3) is 0.294. The first kappa shape index (κ1) is 16.4. The van der Waals surface area contributed by atoms with Crippen molar-refractivity contribution in [2.45, 2.75) is 19.0 Å². The van der Waals surface area contributed by atoms with Crippen molar-refractivity contribution in [2.24, 2.45) is 0 Å². The maximum Gasteiger partial charge on any atom is 0.263 e. The fourth-order valence-corrected chi connectivity index (χ4v) is 2.14. The van der Waals surface area contributed by atoms with E-state index >= 15 is 0 Å². The van der Waals surface area contributed by atoms with Gasteiger partial charge in [-0.05, 0) is 37.4 Å². The molecule has 0 bridgehead atoms. The zero-order chi connectivity index (χ0) is 15.9. The summed E-state index contributed by atoms with van der Waals surface area (Å²) in [5.74, 6) is -0.794. The maximum absolute atomic E-state index is 13.9. The Hall–Kier alpha value is -2.01. The molecule has 0 aliphatic heterocycles. The quantitative estimate of drug-likeness (QED) is 0.813. The topological polar surface area (TPSA) is 21.3 Å². The molecule has 0 aromatic heterocycles. The van der Waals surface area contributed by atoms with Gasteiger partial charge in [0.05, 0.1) is 0 Å². The molecule has 2 aromatic rings. The fourth-order valence-electron chi connectivity index (χ4n) is 2.14. The zero-order valence-corrected chi connectivity index (χ0v) is 12.2. The number of rotatable bonds is 7. The monoisotopic (exact) mass is 309 g/mol. The van der Waals surface area contributed by atoms with Gasteiger partial charge in [-0.15, -0.1) is 0 Å². The summed E-state index contributed by atoms with van der Waals surface area (Å²) in [7, 11) is 1.82. The van der Waals surface area contributed by atoms with Gasteiger partial charge in [-0.2, -0.15) is 0 Å².